The smallest absolute Gasteiger partial charge is 0.221 e. The van der Waals surface area contributed by atoms with E-state index < -0.39 is 9.84 Å². The van der Waals surface area contributed by atoms with E-state index in [0.29, 0.717) is 44.2 Å². The summed E-state index contributed by atoms with van der Waals surface area (Å²) in [5.74, 6) is 0.425. The third-order valence-corrected chi connectivity index (χ3v) is 5.09. The second-order valence-electron chi connectivity index (χ2n) is 5.22. The molecule has 7 nitrogen and oxygen atoms in total. The summed E-state index contributed by atoms with van der Waals surface area (Å²) in [5, 5.41) is 2.64. The highest BCUT2D eigenvalue weighted by molar-refractivity contribution is 7.91. The third kappa shape index (κ3) is 5.11. The average Bonchev–Trinajstić information content (AvgIpc) is 2.78. The Morgan fingerprint density at radius 1 is 1.22 bits per heavy atom. The normalized spacial score (nSPS) is 14.1. The first-order chi connectivity index (χ1) is 11.0. The van der Waals surface area contributed by atoms with Crippen LogP contribution in [0.1, 0.15) is 19.3 Å². The Hall–Kier alpha value is -1.80. The number of ether oxygens (including phenoxy) is 2. The number of carbonyl (C=O) groups is 1. The molecule has 3 N–H and O–H groups in total. The summed E-state index contributed by atoms with van der Waals surface area (Å²) in [6, 6.07) is 4.53. The van der Waals surface area contributed by atoms with E-state index in [0.717, 1.165) is 6.42 Å². The molecule has 1 aromatic rings. The van der Waals surface area contributed by atoms with Crippen LogP contribution in [0.4, 0.5) is 0 Å². The van der Waals surface area contributed by atoms with E-state index in [2.05, 4.69) is 5.32 Å². The lowest BCUT2D eigenvalue weighted by molar-refractivity contribution is -0.120. The summed E-state index contributed by atoms with van der Waals surface area (Å²) in [7, 11) is -3.55. The Morgan fingerprint density at radius 3 is 2.70 bits per heavy atom. The molecular formula is C15H22N2O5S. The Balaban J connectivity index is 1.99. The highest BCUT2D eigenvalue weighted by Gasteiger charge is 2.20. The van der Waals surface area contributed by atoms with E-state index in [1.165, 1.54) is 12.1 Å². The molecule has 1 aliphatic rings. The van der Waals surface area contributed by atoms with Crippen molar-refractivity contribution in [2.75, 3.05) is 32.1 Å². The van der Waals surface area contributed by atoms with Crippen molar-refractivity contribution in [2.45, 2.75) is 24.2 Å². The van der Waals surface area contributed by atoms with Crippen LogP contribution in [-0.2, 0) is 14.6 Å². The quantitative estimate of drug-likeness (QED) is 0.698. The van der Waals surface area contributed by atoms with Gasteiger partial charge in [0.25, 0.3) is 0 Å². The number of hydrogen-bond acceptors (Lipinski definition) is 6. The number of carbonyl (C=O) groups excluding carboxylic acids is 1. The van der Waals surface area contributed by atoms with Gasteiger partial charge < -0.3 is 20.5 Å². The van der Waals surface area contributed by atoms with Crippen LogP contribution in [0.5, 0.6) is 11.5 Å². The molecule has 1 aliphatic heterocycles. The van der Waals surface area contributed by atoms with Crippen LogP contribution < -0.4 is 20.5 Å². The molecule has 1 heterocycles. The summed E-state index contributed by atoms with van der Waals surface area (Å²) >= 11 is 0. The molecule has 1 amide bonds. The van der Waals surface area contributed by atoms with Crippen LogP contribution in [-0.4, -0.2) is 46.4 Å². The van der Waals surface area contributed by atoms with Crippen molar-refractivity contribution in [1.82, 2.24) is 5.32 Å². The summed E-state index contributed by atoms with van der Waals surface area (Å²) in [6.45, 7) is 1.97. The molecule has 0 atom stereocenters. The van der Waals surface area contributed by atoms with E-state index >= 15 is 0 Å². The first kappa shape index (κ1) is 17.6. The van der Waals surface area contributed by atoms with Gasteiger partial charge in [-0.05, 0) is 25.1 Å². The fraction of sp³-hybridized carbons (Fsp3) is 0.533. The zero-order chi connectivity index (χ0) is 16.7. The summed E-state index contributed by atoms with van der Waals surface area (Å²) in [4.78, 5) is 11.7. The molecule has 2 rings (SSSR count). The van der Waals surface area contributed by atoms with Gasteiger partial charge in [-0.3, -0.25) is 4.79 Å². The molecule has 0 fully saturated rings. The van der Waals surface area contributed by atoms with Gasteiger partial charge in [0.15, 0.2) is 21.3 Å². The van der Waals surface area contributed by atoms with Crippen molar-refractivity contribution in [2.24, 2.45) is 5.73 Å². The number of rotatable bonds is 7. The lowest BCUT2D eigenvalue weighted by Crippen LogP contribution is -2.27. The van der Waals surface area contributed by atoms with Crippen LogP contribution in [0.3, 0.4) is 0 Å². The fourth-order valence-corrected chi connectivity index (χ4v) is 3.35. The molecule has 0 saturated heterocycles. The van der Waals surface area contributed by atoms with Crippen LogP contribution in [0, 0.1) is 0 Å². The standard InChI is InChI=1S/C15H22N2O5S/c16-6-1-7-17-15(18)5-10-23(19,20)12-3-4-13-14(11-12)22-9-2-8-21-13/h3-4,11H,1-2,5-10,16H2,(H,17,18). The fourth-order valence-electron chi connectivity index (χ4n) is 2.10. The van der Waals surface area contributed by atoms with E-state index in [9.17, 15) is 13.2 Å². The summed E-state index contributed by atoms with van der Waals surface area (Å²) < 4.78 is 35.7. The number of nitrogens with two attached hydrogens (primary N) is 1. The maximum Gasteiger partial charge on any atom is 0.221 e. The first-order valence-electron chi connectivity index (χ1n) is 7.62. The van der Waals surface area contributed by atoms with Gasteiger partial charge in [0.1, 0.15) is 0 Å². The Morgan fingerprint density at radius 2 is 1.96 bits per heavy atom. The maximum absolute atomic E-state index is 12.3. The maximum atomic E-state index is 12.3. The Kier molecular flexibility index (Phi) is 6.23. The van der Waals surface area contributed by atoms with Crippen molar-refractivity contribution < 1.29 is 22.7 Å². The summed E-state index contributed by atoms with van der Waals surface area (Å²) in [6.07, 6.45) is 1.34. The second-order valence-corrected chi connectivity index (χ2v) is 7.33. The number of sulfone groups is 1. The highest BCUT2D eigenvalue weighted by Crippen LogP contribution is 2.32. The minimum absolute atomic E-state index is 0.0820. The van der Waals surface area contributed by atoms with E-state index in [-0.39, 0.29) is 23.0 Å². The van der Waals surface area contributed by atoms with Crippen molar-refractivity contribution in [3.8, 4) is 11.5 Å². The molecule has 0 radical (unpaired) electrons. The van der Waals surface area contributed by atoms with Crippen molar-refractivity contribution >= 4 is 15.7 Å². The van der Waals surface area contributed by atoms with Gasteiger partial charge in [0.05, 0.1) is 23.9 Å². The zero-order valence-electron chi connectivity index (χ0n) is 12.9. The largest absolute Gasteiger partial charge is 0.490 e. The van der Waals surface area contributed by atoms with Crippen LogP contribution in [0.25, 0.3) is 0 Å². The van der Waals surface area contributed by atoms with Crippen molar-refractivity contribution in [3.05, 3.63) is 18.2 Å². The van der Waals surface area contributed by atoms with Crippen LogP contribution in [0.2, 0.25) is 0 Å². The Labute approximate surface area is 136 Å². The molecule has 0 bridgehead atoms. The lowest BCUT2D eigenvalue weighted by atomic mass is 10.3. The van der Waals surface area contributed by atoms with E-state index in [1.807, 2.05) is 0 Å². The number of nitrogens with one attached hydrogen (secondary N) is 1. The topological polar surface area (TPSA) is 108 Å². The predicted molar refractivity (Wildman–Crippen MR) is 85.4 cm³/mol. The molecule has 0 aromatic heterocycles. The average molecular weight is 342 g/mol. The van der Waals surface area contributed by atoms with Crippen molar-refractivity contribution in [1.29, 1.82) is 0 Å². The molecule has 1 aromatic carbocycles. The van der Waals surface area contributed by atoms with E-state index in [4.69, 9.17) is 15.2 Å². The van der Waals surface area contributed by atoms with Crippen LogP contribution >= 0.6 is 0 Å². The van der Waals surface area contributed by atoms with Gasteiger partial charge in [-0.25, -0.2) is 8.42 Å². The molecule has 8 heteroatoms. The lowest BCUT2D eigenvalue weighted by Gasteiger charge is -2.10. The van der Waals surface area contributed by atoms with Gasteiger partial charge in [-0.1, -0.05) is 0 Å². The highest BCUT2D eigenvalue weighted by atomic mass is 32.2. The third-order valence-electron chi connectivity index (χ3n) is 3.38. The van der Waals surface area contributed by atoms with Gasteiger partial charge in [-0.2, -0.15) is 0 Å². The molecule has 0 spiro atoms. The first-order valence-corrected chi connectivity index (χ1v) is 9.27. The molecule has 0 unspecified atom stereocenters. The van der Waals surface area contributed by atoms with Gasteiger partial charge in [-0.15, -0.1) is 0 Å². The molecule has 0 aliphatic carbocycles. The van der Waals surface area contributed by atoms with E-state index in [1.54, 1.807) is 6.07 Å². The minimum atomic E-state index is -3.55. The van der Waals surface area contributed by atoms with Crippen molar-refractivity contribution in [3.63, 3.8) is 0 Å². The zero-order valence-corrected chi connectivity index (χ0v) is 13.7. The number of hydrogen-bond donors (Lipinski definition) is 2. The number of amides is 1. The number of benzene rings is 1. The van der Waals surface area contributed by atoms with Gasteiger partial charge in [0, 0.05) is 25.5 Å². The number of fused-ring (bicyclic) bond motifs is 1. The molecule has 23 heavy (non-hydrogen) atoms. The molecule has 0 saturated carbocycles. The SMILES string of the molecule is NCCCNC(=O)CCS(=O)(=O)c1ccc2c(c1)OCCCO2. The molecular weight excluding hydrogens is 320 g/mol. The predicted octanol–water partition coefficient (Wildman–Crippen LogP) is 0.477. The monoisotopic (exact) mass is 342 g/mol. The minimum Gasteiger partial charge on any atom is -0.490 e. The summed E-state index contributed by atoms with van der Waals surface area (Å²) in [5.41, 5.74) is 5.33. The van der Waals surface area contributed by atoms with Gasteiger partial charge in [0.2, 0.25) is 5.91 Å². The Bertz CT molecular complexity index is 645. The van der Waals surface area contributed by atoms with Crippen LogP contribution in [0.15, 0.2) is 23.1 Å². The van der Waals surface area contributed by atoms with Gasteiger partial charge >= 0.3 is 0 Å². The second kappa shape index (κ2) is 8.16. The molecule has 128 valence electrons.